The lowest BCUT2D eigenvalue weighted by molar-refractivity contribution is 1.07. The van der Waals surface area contributed by atoms with Gasteiger partial charge in [0.15, 0.2) is 17.5 Å². The molecule has 0 unspecified atom stereocenters. The van der Waals surface area contributed by atoms with Crippen molar-refractivity contribution in [2.75, 3.05) is 0 Å². The van der Waals surface area contributed by atoms with Crippen LogP contribution in [0.25, 0.3) is 104 Å². The maximum Gasteiger partial charge on any atom is 0.165 e. The van der Waals surface area contributed by atoms with Crippen molar-refractivity contribution in [3.05, 3.63) is 182 Å². The maximum atomic E-state index is 8.88. The minimum Gasteiger partial charge on any atom is -0.309 e. The van der Waals surface area contributed by atoms with Crippen LogP contribution in [-0.4, -0.2) is 19.5 Å². The van der Waals surface area contributed by atoms with Gasteiger partial charge in [0, 0.05) is 53.3 Å². The summed E-state index contributed by atoms with van der Waals surface area (Å²) < 4.78 is 47.3. The Morgan fingerprint density at radius 3 is 1.87 bits per heavy atom. The highest BCUT2D eigenvalue weighted by Gasteiger charge is 2.21. The number of nitrogens with zero attached hydrogens (tertiary/aromatic N) is 4. The summed E-state index contributed by atoms with van der Waals surface area (Å²) in [6, 6.07) is 50.0. The van der Waals surface area contributed by atoms with Crippen molar-refractivity contribution in [3.63, 3.8) is 0 Å². The Morgan fingerprint density at radius 1 is 0.444 bits per heavy atom. The number of rotatable bonds is 5. The van der Waals surface area contributed by atoms with E-state index in [0.29, 0.717) is 17.2 Å². The van der Waals surface area contributed by atoms with Gasteiger partial charge in [0.2, 0.25) is 0 Å². The van der Waals surface area contributed by atoms with E-state index >= 15 is 0 Å². The fourth-order valence-corrected chi connectivity index (χ4v) is 8.86. The molecular weight excluding hydrogens is 677 g/mol. The van der Waals surface area contributed by atoms with Crippen LogP contribution in [0, 0.1) is 0 Å². The van der Waals surface area contributed by atoms with E-state index in [9.17, 15) is 0 Å². The highest BCUT2D eigenvalue weighted by atomic mass is 32.1. The van der Waals surface area contributed by atoms with Gasteiger partial charge in [-0.05, 0) is 58.3 Å². The van der Waals surface area contributed by atoms with Crippen molar-refractivity contribution in [1.82, 2.24) is 19.5 Å². The lowest BCUT2D eigenvalue weighted by Crippen LogP contribution is -2.01. The van der Waals surface area contributed by atoms with E-state index in [2.05, 4.69) is 126 Å². The third kappa shape index (κ3) is 4.94. The summed E-state index contributed by atoms with van der Waals surface area (Å²) in [5.74, 6) is 0.655. The molecule has 252 valence electrons. The smallest absolute Gasteiger partial charge is 0.165 e. The van der Waals surface area contributed by atoms with Crippen molar-refractivity contribution >= 4 is 64.1 Å². The molecule has 4 nitrogen and oxygen atoms in total. The van der Waals surface area contributed by atoms with Crippen LogP contribution >= 0.6 is 11.3 Å². The third-order valence-corrected chi connectivity index (χ3v) is 11.3. The van der Waals surface area contributed by atoms with Crippen LogP contribution in [0.5, 0.6) is 0 Å². The van der Waals surface area contributed by atoms with Crippen LogP contribution in [0.4, 0.5) is 0 Å². The van der Waals surface area contributed by atoms with Crippen molar-refractivity contribution in [2.24, 2.45) is 0 Å². The Bertz CT molecular complexity index is 3440. The molecule has 3 heterocycles. The first-order valence-corrected chi connectivity index (χ1v) is 18.5. The van der Waals surface area contributed by atoms with Gasteiger partial charge in [-0.1, -0.05) is 145 Å². The summed E-state index contributed by atoms with van der Waals surface area (Å²) in [6.45, 7) is 0. The van der Waals surface area contributed by atoms with E-state index in [1.165, 1.54) is 10.8 Å². The molecule has 3 aromatic heterocycles. The first-order valence-electron chi connectivity index (χ1n) is 20.2. The van der Waals surface area contributed by atoms with Crippen molar-refractivity contribution in [3.8, 4) is 51.0 Å². The lowest BCUT2D eigenvalue weighted by atomic mass is 9.97. The monoisotopic (exact) mass is 711 g/mol. The van der Waals surface area contributed by atoms with Gasteiger partial charge in [0.1, 0.15) is 0 Å². The van der Waals surface area contributed by atoms with Crippen LogP contribution < -0.4 is 0 Å². The number of benzene rings is 8. The Morgan fingerprint density at radius 2 is 1.09 bits per heavy atom. The second kappa shape index (κ2) is 12.3. The molecule has 0 atom stereocenters. The summed E-state index contributed by atoms with van der Waals surface area (Å²) in [5.41, 5.74) is 6.63. The zero-order valence-electron chi connectivity index (χ0n) is 33.6. The SMILES string of the molecule is [2H]c1c([2H])c([2H])c(-c2nc(-c3ccccc3)nc(-c3cc(-n4c5ccccc5c5ccccc54)cc4c3sc3ccc(-c5cccc6ccccc56)cc34)n2)c([2H])c1[2H]. The molecule has 0 amide bonds. The second-order valence-corrected chi connectivity index (χ2v) is 14.3. The molecule has 0 saturated carbocycles. The first-order chi connectivity index (χ1) is 28.8. The summed E-state index contributed by atoms with van der Waals surface area (Å²) >= 11 is 1.65. The van der Waals surface area contributed by atoms with E-state index in [1.807, 2.05) is 30.3 Å². The van der Waals surface area contributed by atoms with E-state index in [4.69, 9.17) is 21.8 Å². The molecule has 0 bridgehead atoms. The predicted molar refractivity (Wildman–Crippen MR) is 226 cm³/mol. The molecule has 0 spiro atoms. The molecule has 0 aliphatic rings. The van der Waals surface area contributed by atoms with Crippen LogP contribution in [0.1, 0.15) is 6.85 Å². The number of para-hydroxylation sites is 2. The Kier molecular flexibility index (Phi) is 5.92. The zero-order valence-corrected chi connectivity index (χ0v) is 29.4. The molecule has 11 aromatic rings. The average Bonchev–Trinajstić information content (AvgIpc) is 3.83. The van der Waals surface area contributed by atoms with Crippen molar-refractivity contribution < 1.29 is 6.85 Å². The minimum absolute atomic E-state index is 0.000577. The fraction of sp³-hybridized carbons (Fsp3) is 0. The largest absolute Gasteiger partial charge is 0.309 e. The molecular formula is C49H30N4S. The van der Waals surface area contributed by atoms with Crippen molar-refractivity contribution in [2.45, 2.75) is 0 Å². The predicted octanol–water partition coefficient (Wildman–Crippen LogP) is 13.2. The Balaban J connectivity index is 1.25. The summed E-state index contributed by atoms with van der Waals surface area (Å²) in [7, 11) is 0. The first kappa shape index (κ1) is 25.9. The third-order valence-electron chi connectivity index (χ3n) is 10.1. The molecule has 0 saturated heterocycles. The summed E-state index contributed by atoms with van der Waals surface area (Å²) in [5, 5.41) is 6.73. The van der Waals surface area contributed by atoms with Crippen LogP contribution in [-0.2, 0) is 0 Å². The Hall–Kier alpha value is -6.95. The molecule has 0 radical (unpaired) electrons. The standard InChI is InChI=1S/C49H30N4S/c1-3-15-32(16-4-1)47-50-48(33-17-5-2-6-18-33)52-49(51-47)42-30-35(53-43-24-11-9-21-38(43)39-22-10-12-25-44(39)53)29-41-40-28-34(26-27-45(40)54-46(41)42)37-23-13-19-31-14-7-8-20-36(31)37/h1-30H/i1D,3D,4D,15D,16D. The fourth-order valence-electron chi connectivity index (χ4n) is 7.69. The highest BCUT2D eigenvalue weighted by molar-refractivity contribution is 7.26. The molecule has 0 aliphatic heterocycles. The Labute approximate surface area is 322 Å². The van der Waals surface area contributed by atoms with Gasteiger partial charge in [-0.15, -0.1) is 11.3 Å². The number of fused-ring (bicyclic) bond motifs is 7. The second-order valence-electron chi connectivity index (χ2n) is 13.3. The van der Waals surface area contributed by atoms with E-state index in [-0.39, 0.29) is 23.5 Å². The summed E-state index contributed by atoms with van der Waals surface area (Å²) in [4.78, 5) is 14.9. The summed E-state index contributed by atoms with van der Waals surface area (Å²) in [6.07, 6.45) is 0. The topological polar surface area (TPSA) is 43.6 Å². The quantitative estimate of drug-likeness (QED) is 0.178. The molecule has 5 heteroatoms. The average molecular weight is 712 g/mol. The highest BCUT2D eigenvalue weighted by Crippen LogP contribution is 2.44. The maximum absolute atomic E-state index is 8.88. The van der Waals surface area contributed by atoms with E-state index < -0.39 is 18.1 Å². The molecule has 8 aromatic carbocycles. The van der Waals surface area contributed by atoms with Crippen LogP contribution in [0.2, 0.25) is 0 Å². The number of aromatic nitrogens is 4. The van der Waals surface area contributed by atoms with Crippen LogP contribution in [0.15, 0.2) is 182 Å². The molecule has 54 heavy (non-hydrogen) atoms. The molecule has 0 N–H and O–H groups in total. The van der Waals surface area contributed by atoms with Gasteiger partial charge < -0.3 is 4.57 Å². The van der Waals surface area contributed by atoms with Crippen LogP contribution in [0.3, 0.4) is 0 Å². The van der Waals surface area contributed by atoms with E-state index in [0.717, 1.165) is 64.4 Å². The number of thiophene rings is 1. The van der Waals surface area contributed by atoms with Crippen molar-refractivity contribution in [1.29, 1.82) is 0 Å². The molecule has 0 aliphatic carbocycles. The van der Waals surface area contributed by atoms with Gasteiger partial charge in [0.05, 0.1) is 17.9 Å². The minimum atomic E-state index is -0.477. The molecule has 0 fully saturated rings. The van der Waals surface area contributed by atoms with Gasteiger partial charge >= 0.3 is 0 Å². The number of hydrogen-bond donors (Lipinski definition) is 0. The zero-order chi connectivity index (χ0) is 39.9. The van der Waals surface area contributed by atoms with Gasteiger partial charge in [-0.2, -0.15) is 0 Å². The number of hydrogen-bond acceptors (Lipinski definition) is 4. The van der Waals surface area contributed by atoms with E-state index in [1.54, 1.807) is 11.3 Å². The van der Waals surface area contributed by atoms with Gasteiger partial charge in [-0.25, -0.2) is 15.0 Å². The normalized spacial score (nSPS) is 13.0. The van der Waals surface area contributed by atoms with Gasteiger partial charge in [-0.3, -0.25) is 0 Å². The lowest BCUT2D eigenvalue weighted by Gasteiger charge is -2.13. The molecule has 11 rings (SSSR count). The van der Waals surface area contributed by atoms with Gasteiger partial charge in [0.25, 0.3) is 0 Å².